The molecule has 6 heteroatoms. The van der Waals surface area contributed by atoms with Gasteiger partial charge in [-0.15, -0.1) is 0 Å². The van der Waals surface area contributed by atoms with E-state index in [0.717, 1.165) is 16.5 Å². The second kappa shape index (κ2) is 9.31. The van der Waals surface area contributed by atoms with Crippen molar-refractivity contribution in [2.45, 2.75) is 12.5 Å². The third kappa shape index (κ3) is 4.30. The van der Waals surface area contributed by atoms with Crippen LogP contribution in [0, 0.1) is 0 Å². The van der Waals surface area contributed by atoms with E-state index in [0.29, 0.717) is 11.1 Å². The molecule has 1 amide bonds. The Morgan fingerprint density at radius 3 is 2.09 bits per heavy atom. The van der Waals surface area contributed by atoms with Crippen LogP contribution in [0.1, 0.15) is 26.3 Å². The van der Waals surface area contributed by atoms with Crippen LogP contribution in [0.2, 0.25) is 0 Å². The van der Waals surface area contributed by atoms with Crippen LogP contribution in [0.15, 0.2) is 91.1 Å². The van der Waals surface area contributed by atoms with Crippen molar-refractivity contribution < 1.29 is 19.1 Å². The number of para-hydroxylation sites is 1. The SMILES string of the molecule is COC(=O)[C@H](Cc1cn(C(=O)c2ccccc2)c2ccccc12)NC(=O)c1ccccc1. The maximum absolute atomic E-state index is 13.1. The summed E-state index contributed by atoms with van der Waals surface area (Å²) in [6.45, 7) is 0. The number of ether oxygens (including phenoxy) is 1. The van der Waals surface area contributed by atoms with Crippen LogP contribution in [0.4, 0.5) is 0 Å². The van der Waals surface area contributed by atoms with Gasteiger partial charge in [-0.25, -0.2) is 4.79 Å². The zero-order valence-electron chi connectivity index (χ0n) is 17.5. The summed E-state index contributed by atoms with van der Waals surface area (Å²) in [6.07, 6.45) is 1.91. The lowest BCUT2D eigenvalue weighted by Crippen LogP contribution is -2.43. The number of benzene rings is 3. The standard InChI is InChI=1S/C26H22N2O4/c1-32-26(31)22(27-24(29)18-10-4-2-5-11-18)16-20-17-28(23-15-9-8-14-21(20)23)25(30)19-12-6-3-7-13-19/h2-15,17,22H,16H2,1H3,(H,27,29)/t22-/m0/s1. The molecule has 1 N–H and O–H groups in total. The highest BCUT2D eigenvalue weighted by molar-refractivity contribution is 6.03. The largest absolute Gasteiger partial charge is 0.467 e. The highest BCUT2D eigenvalue weighted by atomic mass is 16.5. The summed E-state index contributed by atoms with van der Waals surface area (Å²) in [4.78, 5) is 38.2. The number of carbonyl (C=O) groups excluding carboxylic acids is 3. The molecule has 0 saturated heterocycles. The van der Waals surface area contributed by atoms with Crippen LogP contribution in [-0.2, 0) is 16.0 Å². The Hall–Kier alpha value is -4.19. The fourth-order valence-electron chi connectivity index (χ4n) is 3.69. The minimum Gasteiger partial charge on any atom is -0.467 e. The Morgan fingerprint density at radius 2 is 1.44 bits per heavy atom. The predicted octanol–water partition coefficient (Wildman–Crippen LogP) is 3.84. The fourth-order valence-corrected chi connectivity index (χ4v) is 3.69. The van der Waals surface area contributed by atoms with E-state index in [-0.39, 0.29) is 18.2 Å². The van der Waals surface area contributed by atoms with Gasteiger partial charge in [0.05, 0.1) is 12.6 Å². The normalized spacial score (nSPS) is 11.7. The zero-order chi connectivity index (χ0) is 22.5. The predicted molar refractivity (Wildman–Crippen MR) is 122 cm³/mol. The van der Waals surface area contributed by atoms with Crippen molar-refractivity contribution >= 4 is 28.7 Å². The number of hydrogen-bond acceptors (Lipinski definition) is 4. The van der Waals surface area contributed by atoms with Crippen LogP contribution >= 0.6 is 0 Å². The molecule has 4 aromatic rings. The third-order valence-corrected chi connectivity index (χ3v) is 5.29. The Kier molecular flexibility index (Phi) is 6.12. The lowest BCUT2D eigenvalue weighted by atomic mass is 10.0. The first kappa shape index (κ1) is 21.1. The Morgan fingerprint density at radius 1 is 0.844 bits per heavy atom. The molecule has 0 aliphatic carbocycles. The van der Waals surface area contributed by atoms with Gasteiger partial charge in [0.1, 0.15) is 6.04 Å². The summed E-state index contributed by atoms with van der Waals surface area (Å²) in [5, 5.41) is 3.59. The fraction of sp³-hybridized carbons (Fsp3) is 0.115. The van der Waals surface area contributed by atoms with E-state index >= 15 is 0 Å². The number of aromatic nitrogens is 1. The molecule has 6 nitrogen and oxygen atoms in total. The number of hydrogen-bond donors (Lipinski definition) is 1. The van der Waals surface area contributed by atoms with Gasteiger partial charge in [-0.05, 0) is 35.9 Å². The summed E-state index contributed by atoms with van der Waals surface area (Å²) in [6, 6.07) is 24.2. The van der Waals surface area contributed by atoms with E-state index in [1.807, 2.05) is 48.5 Å². The molecule has 0 aliphatic rings. The summed E-state index contributed by atoms with van der Waals surface area (Å²) in [7, 11) is 1.28. The number of esters is 1. The summed E-state index contributed by atoms with van der Waals surface area (Å²) >= 11 is 0. The Labute approximate surface area is 185 Å². The van der Waals surface area contributed by atoms with Crippen LogP contribution in [0.3, 0.4) is 0 Å². The molecule has 0 aliphatic heterocycles. The second-order valence-electron chi connectivity index (χ2n) is 7.33. The smallest absolute Gasteiger partial charge is 0.328 e. The van der Waals surface area contributed by atoms with Gasteiger partial charge in [-0.1, -0.05) is 54.6 Å². The molecular weight excluding hydrogens is 404 g/mol. The van der Waals surface area contributed by atoms with Crippen LogP contribution in [0.5, 0.6) is 0 Å². The monoisotopic (exact) mass is 426 g/mol. The van der Waals surface area contributed by atoms with E-state index in [1.165, 1.54) is 7.11 Å². The average Bonchev–Trinajstić information content (AvgIpc) is 3.22. The van der Waals surface area contributed by atoms with E-state index < -0.39 is 12.0 Å². The average molecular weight is 426 g/mol. The van der Waals surface area contributed by atoms with E-state index in [4.69, 9.17) is 4.74 Å². The Balaban J connectivity index is 1.68. The number of nitrogens with one attached hydrogen (secondary N) is 1. The van der Waals surface area contributed by atoms with Gasteiger partial charge in [-0.2, -0.15) is 0 Å². The lowest BCUT2D eigenvalue weighted by molar-refractivity contribution is -0.142. The minimum atomic E-state index is -0.904. The van der Waals surface area contributed by atoms with E-state index in [2.05, 4.69) is 5.32 Å². The third-order valence-electron chi connectivity index (χ3n) is 5.29. The molecule has 32 heavy (non-hydrogen) atoms. The first-order valence-corrected chi connectivity index (χ1v) is 10.2. The van der Waals surface area contributed by atoms with E-state index in [9.17, 15) is 14.4 Å². The molecule has 0 radical (unpaired) electrons. The highest BCUT2D eigenvalue weighted by Gasteiger charge is 2.25. The Bertz CT molecular complexity index is 1260. The van der Waals surface area contributed by atoms with Crippen molar-refractivity contribution in [1.82, 2.24) is 9.88 Å². The van der Waals surface area contributed by atoms with Crippen LogP contribution in [0.25, 0.3) is 10.9 Å². The summed E-state index contributed by atoms with van der Waals surface area (Å²) in [5.74, 6) is -1.10. The zero-order valence-corrected chi connectivity index (χ0v) is 17.5. The number of carbonyl (C=O) groups is 3. The number of fused-ring (bicyclic) bond motifs is 1. The van der Waals surface area contributed by atoms with Crippen molar-refractivity contribution in [3.8, 4) is 0 Å². The molecule has 1 atom stereocenters. The quantitative estimate of drug-likeness (QED) is 0.475. The van der Waals surface area contributed by atoms with Crippen molar-refractivity contribution in [2.24, 2.45) is 0 Å². The number of rotatable bonds is 6. The van der Waals surface area contributed by atoms with Crippen molar-refractivity contribution in [1.29, 1.82) is 0 Å². The van der Waals surface area contributed by atoms with Crippen LogP contribution in [-0.4, -0.2) is 35.5 Å². The summed E-state index contributed by atoms with van der Waals surface area (Å²) in [5.41, 5.74) is 2.49. The van der Waals surface area contributed by atoms with Gasteiger partial charge in [0.25, 0.3) is 11.8 Å². The number of methoxy groups -OCH3 is 1. The van der Waals surface area contributed by atoms with Gasteiger partial charge < -0.3 is 10.1 Å². The number of amides is 1. The van der Waals surface area contributed by atoms with Crippen molar-refractivity contribution in [3.05, 3.63) is 108 Å². The van der Waals surface area contributed by atoms with Gasteiger partial charge >= 0.3 is 5.97 Å². The van der Waals surface area contributed by atoms with Gasteiger partial charge in [0.15, 0.2) is 0 Å². The molecule has 4 rings (SSSR count). The van der Waals surface area contributed by atoms with Crippen molar-refractivity contribution in [2.75, 3.05) is 7.11 Å². The second-order valence-corrected chi connectivity index (χ2v) is 7.33. The van der Waals surface area contributed by atoms with Crippen LogP contribution < -0.4 is 5.32 Å². The molecule has 1 heterocycles. The molecule has 0 saturated carbocycles. The minimum absolute atomic E-state index is 0.170. The molecule has 0 fully saturated rings. The van der Waals surface area contributed by atoms with E-state index in [1.54, 1.807) is 47.2 Å². The molecular formula is C26H22N2O4. The maximum Gasteiger partial charge on any atom is 0.328 e. The molecule has 0 bridgehead atoms. The van der Waals surface area contributed by atoms with Crippen molar-refractivity contribution in [3.63, 3.8) is 0 Å². The topological polar surface area (TPSA) is 77.4 Å². The molecule has 1 aromatic heterocycles. The number of nitrogens with zero attached hydrogens (tertiary/aromatic N) is 1. The lowest BCUT2D eigenvalue weighted by Gasteiger charge is -2.16. The maximum atomic E-state index is 13.1. The molecule has 3 aromatic carbocycles. The van der Waals surface area contributed by atoms with Gasteiger partial charge in [0.2, 0.25) is 0 Å². The first-order valence-electron chi connectivity index (χ1n) is 10.2. The van der Waals surface area contributed by atoms with Gasteiger partial charge in [0, 0.05) is 29.1 Å². The molecule has 0 spiro atoms. The highest BCUT2D eigenvalue weighted by Crippen LogP contribution is 2.24. The summed E-state index contributed by atoms with van der Waals surface area (Å²) < 4.78 is 6.51. The first-order chi connectivity index (χ1) is 15.6. The molecule has 0 unspecified atom stereocenters. The van der Waals surface area contributed by atoms with Gasteiger partial charge in [-0.3, -0.25) is 14.2 Å². The molecule has 160 valence electrons.